The molecule has 0 atom stereocenters. The molecule has 1 fully saturated rings. The van der Waals surface area contributed by atoms with Crippen molar-refractivity contribution in [2.75, 3.05) is 37.4 Å². The first kappa shape index (κ1) is 12.2. The SMILES string of the molecule is Nc1ccc(NC(=O)N2CCOCC2)cc1Br. The van der Waals surface area contributed by atoms with Crippen LogP contribution in [-0.4, -0.2) is 37.2 Å². The van der Waals surface area contributed by atoms with Crippen LogP contribution in [0.2, 0.25) is 0 Å². The van der Waals surface area contributed by atoms with Crippen molar-refractivity contribution in [1.29, 1.82) is 0 Å². The van der Waals surface area contributed by atoms with Crippen LogP contribution >= 0.6 is 15.9 Å². The molecular formula is C11H14BrN3O2. The lowest BCUT2D eigenvalue weighted by Crippen LogP contribution is -2.43. The molecule has 5 nitrogen and oxygen atoms in total. The van der Waals surface area contributed by atoms with Gasteiger partial charge in [0.2, 0.25) is 0 Å². The Morgan fingerprint density at radius 1 is 1.41 bits per heavy atom. The number of nitrogens with one attached hydrogen (secondary N) is 1. The number of benzene rings is 1. The fraction of sp³-hybridized carbons (Fsp3) is 0.364. The first-order valence-corrected chi connectivity index (χ1v) is 6.15. The Balaban J connectivity index is 1.99. The van der Waals surface area contributed by atoms with Gasteiger partial charge < -0.3 is 20.7 Å². The molecule has 3 N–H and O–H groups in total. The molecule has 2 rings (SSSR count). The van der Waals surface area contributed by atoms with Crippen molar-refractivity contribution in [1.82, 2.24) is 4.90 Å². The van der Waals surface area contributed by atoms with E-state index in [0.29, 0.717) is 32.0 Å². The Hall–Kier alpha value is -1.27. The summed E-state index contributed by atoms with van der Waals surface area (Å²) in [6.07, 6.45) is 0. The van der Waals surface area contributed by atoms with Crippen molar-refractivity contribution in [3.8, 4) is 0 Å². The number of hydrogen-bond acceptors (Lipinski definition) is 3. The standard InChI is InChI=1S/C11H14BrN3O2/c12-9-7-8(1-2-10(9)13)14-11(16)15-3-5-17-6-4-15/h1-2,7H,3-6,13H2,(H,14,16). The van der Waals surface area contributed by atoms with Crippen LogP contribution in [0.4, 0.5) is 16.2 Å². The average molecular weight is 300 g/mol. The summed E-state index contributed by atoms with van der Waals surface area (Å²) in [5.74, 6) is 0. The van der Waals surface area contributed by atoms with Gasteiger partial charge in [0.15, 0.2) is 0 Å². The van der Waals surface area contributed by atoms with Gasteiger partial charge in [0.05, 0.1) is 13.2 Å². The lowest BCUT2D eigenvalue weighted by atomic mass is 10.3. The number of carbonyl (C=O) groups is 1. The molecule has 1 saturated heterocycles. The second-order valence-corrected chi connectivity index (χ2v) is 4.62. The number of nitrogen functional groups attached to an aromatic ring is 1. The lowest BCUT2D eigenvalue weighted by molar-refractivity contribution is 0.0564. The molecule has 92 valence electrons. The molecule has 0 aromatic heterocycles. The molecule has 1 aliphatic heterocycles. The number of amides is 2. The van der Waals surface area contributed by atoms with Gasteiger partial charge in [-0.15, -0.1) is 0 Å². The number of urea groups is 1. The van der Waals surface area contributed by atoms with E-state index in [1.165, 1.54) is 0 Å². The molecule has 0 aliphatic carbocycles. The monoisotopic (exact) mass is 299 g/mol. The Bertz CT molecular complexity index is 419. The molecule has 1 aromatic carbocycles. The normalized spacial score (nSPS) is 15.7. The number of rotatable bonds is 1. The van der Waals surface area contributed by atoms with Crippen molar-refractivity contribution in [2.45, 2.75) is 0 Å². The van der Waals surface area contributed by atoms with Gasteiger partial charge in [-0.05, 0) is 34.1 Å². The minimum Gasteiger partial charge on any atom is -0.398 e. The van der Waals surface area contributed by atoms with Crippen LogP contribution in [0.5, 0.6) is 0 Å². The molecular weight excluding hydrogens is 286 g/mol. The quantitative estimate of drug-likeness (QED) is 0.778. The van der Waals surface area contributed by atoms with Gasteiger partial charge in [-0.3, -0.25) is 0 Å². The van der Waals surface area contributed by atoms with E-state index in [4.69, 9.17) is 10.5 Å². The van der Waals surface area contributed by atoms with Crippen molar-refractivity contribution in [3.05, 3.63) is 22.7 Å². The number of nitrogens with zero attached hydrogens (tertiary/aromatic N) is 1. The van der Waals surface area contributed by atoms with Gasteiger partial charge in [-0.2, -0.15) is 0 Å². The number of ether oxygens (including phenoxy) is 1. The van der Waals surface area contributed by atoms with E-state index in [1.54, 1.807) is 23.1 Å². The average Bonchev–Trinajstić information content (AvgIpc) is 2.35. The number of carbonyl (C=O) groups excluding carboxylic acids is 1. The Morgan fingerprint density at radius 3 is 2.76 bits per heavy atom. The first-order valence-electron chi connectivity index (χ1n) is 5.35. The Labute approximate surface area is 108 Å². The van der Waals surface area contributed by atoms with E-state index in [2.05, 4.69) is 21.2 Å². The number of halogens is 1. The van der Waals surface area contributed by atoms with Crippen molar-refractivity contribution >= 4 is 33.3 Å². The largest absolute Gasteiger partial charge is 0.398 e. The van der Waals surface area contributed by atoms with Crippen molar-refractivity contribution < 1.29 is 9.53 Å². The summed E-state index contributed by atoms with van der Waals surface area (Å²) in [7, 11) is 0. The summed E-state index contributed by atoms with van der Waals surface area (Å²) in [4.78, 5) is 13.6. The van der Waals surface area contributed by atoms with Crippen LogP contribution in [0.1, 0.15) is 0 Å². The van der Waals surface area contributed by atoms with Gasteiger partial charge in [0.1, 0.15) is 0 Å². The number of hydrogen-bond donors (Lipinski definition) is 2. The predicted molar refractivity (Wildman–Crippen MR) is 70.0 cm³/mol. The van der Waals surface area contributed by atoms with Crippen molar-refractivity contribution in [2.24, 2.45) is 0 Å². The molecule has 1 heterocycles. The lowest BCUT2D eigenvalue weighted by Gasteiger charge is -2.26. The summed E-state index contributed by atoms with van der Waals surface area (Å²) in [6, 6.07) is 5.20. The molecule has 6 heteroatoms. The molecule has 2 amide bonds. The van der Waals surface area contributed by atoms with E-state index in [1.807, 2.05) is 0 Å². The molecule has 0 saturated carbocycles. The number of morpholine rings is 1. The smallest absolute Gasteiger partial charge is 0.322 e. The number of nitrogens with two attached hydrogens (primary N) is 1. The second kappa shape index (κ2) is 5.37. The molecule has 0 radical (unpaired) electrons. The fourth-order valence-electron chi connectivity index (χ4n) is 1.57. The topological polar surface area (TPSA) is 67.6 Å². The molecule has 1 aromatic rings. The zero-order valence-corrected chi connectivity index (χ0v) is 10.9. The van der Waals surface area contributed by atoms with E-state index >= 15 is 0 Å². The second-order valence-electron chi connectivity index (χ2n) is 3.77. The Morgan fingerprint density at radius 2 is 2.12 bits per heavy atom. The third-order valence-electron chi connectivity index (χ3n) is 2.55. The maximum absolute atomic E-state index is 11.9. The molecule has 0 spiro atoms. The fourth-order valence-corrected chi connectivity index (χ4v) is 1.95. The van der Waals surface area contributed by atoms with Gasteiger partial charge in [-0.1, -0.05) is 0 Å². The summed E-state index contributed by atoms with van der Waals surface area (Å²) < 4.78 is 5.96. The number of anilines is 2. The highest BCUT2D eigenvalue weighted by atomic mass is 79.9. The van der Waals surface area contributed by atoms with Crippen LogP contribution in [0.3, 0.4) is 0 Å². The third-order valence-corrected chi connectivity index (χ3v) is 3.24. The zero-order chi connectivity index (χ0) is 12.3. The van der Waals surface area contributed by atoms with Crippen LogP contribution in [0.15, 0.2) is 22.7 Å². The predicted octanol–water partition coefficient (Wildman–Crippen LogP) is 1.90. The molecule has 17 heavy (non-hydrogen) atoms. The summed E-state index contributed by atoms with van der Waals surface area (Å²) >= 11 is 3.32. The highest BCUT2D eigenvalue weighted by Gasteiger charge is 2.16. The minimum atomic E-state index is -0.107. The van der Waals surface area contributed by atoms with Crippen LogP contribution in [0, 0.1) is 0 Å². The zero-order valence-electron chi connectivity index (χ0n) is 9.28. The van der Waals surface area contributed by atoms with Crippen molar-refractivity contribution in [3.63, 3.8) is 0 Å². The van der Waals surface area contributed by atoms with Crippen LogP contribution in [-0.2, 0) is 4.74 Å². The highest BCUT2D eigenvalue weighted by molar-refractivity contribution is 9.10. The summed E-state index contributed by atoms with van der Waals surface area (Å²) in [5, 5.41) is 2.83. The van der Waals surface area contributed by atoms with Gasteiger partial charge >= 0.3 is 6.03 Å². The molecule has 1 aliphatic rings. The van der Waals surface area contributed by atoms with Gasteiger partial charge in [0.25, 0.3) is 0 Å². The maximum atomic E-state index is 11.9. The molecule has 0 unspecified atom stereocenters. The van der Waals surface area contributed by atoms with Crippen LogP contribution in [0.25, 0.3) is 0 Å². The molecule has 0 bridgehead atoms. The Kier molecular flexibility index (Phi) is 3.86. The third kappa shape index (κ3) is 3.10. The van der Waals surface area contributed by atoms with Gasteiger partial charge in [-0.25, -0.2) is 4.79 Å². The van der Waals surface area contributed by atoms with E-state index in [0.717, 1.165) is 10.2 Å². The van der Waals surface area contributed by atoms with Gasteiger partial charge in [0, 0.05) is 28.9 Å². The summed E-state index contributed by atoms with van der Waals surface area (Å²) in [5.41, 5.74) is 7.05. The van der Waals surface area contributed by atoms with E-state index in [-0.39, 0.29) is 6.03 Å². The van der Waals surface area contributed by atoms with E-state index < -0.39 is 0 Å². The minimum absolute atomic E-state index is 0.107. The van der Waals surface area contributed by atoms with Crippen LogP contribution < -0.4 is 11.1 Å². The maximum Gasteiger partial charge on any atom is 0.322 e. The summed E-state index contributed by atoms with van der Waals surface area (Å²) in [6.45, 7) is 2.45. The first-order chi connectivity index (χ1) is 8.16. The van der Waals surface area contributed by atoms with E-state index in [9.17, 15) is 4.79 Å². The highest BCUT2D eigenvalue weighted by Crippen LogP contribution is 2.23.